The summed E-state index contributed by atoms with van der Waals surface area (Å²) in [5, 5.41) is -0.503. The summed E-state index contributed by atoms with van der Waals surface area (Å²) in [5.74, 6) is 0.214. The van der Waals surface area contributed by atoms with Crippen LogP contribution in [-0.2, 0) is 14.3 Å². The molecule has 0 N–H and O–H groups in total. The molecule has 2 amide bonds. The predicted octanol–water partition coefficient (Wildman–Crippen LogP) is 3.35. The molecule has 1 saturated heterocycles. The number of hydrogen-bond acceptors (Lipinski definition) is 7. The van der Waals surface area contributed by atoms with E-state index in [-0.39, 0.29) is 4.91 Å². The fraction of sp³-hybridized carbons (Fsp3) is 0.190. The first-order valence-corrected chi connectivity index (χ1v) is 9.61. The molecule has 1 aliphatic rings. The van der Waals surface area contributed by atoms with Crippen molar-refractivity contribution in [3.8, 4) is 11.5 Å². The highest BCUT2D eigenvalue weighted by Gasteiger charge is 2.36. The van der Waals surface area contributed by atoms with E-state index in [0.29, 0.717) is 24.5 Å². The Labute approximate surface area is 172 Å². The molecule has 1 heterocycles. The van der Waals surface area contributed by atoms with Gasteiger partial charge in [0, 0.05) is 0 Å². The van der Waals surface area contributed by atoms with Gasteiger partial charge in [-0.3, -0.25) is 19.3 Å². The Morgan fingerprint density at radius 3 is 2.41 bits per heavy atom. The predicted molar refractivity (Wildman–Crippen MR) is 109 cm³/mol. The van der Waals surface area contributed by atoms with Crippen LogP contribution in [0.15, 0.2) is 59.5 Å². The van der Waals surface area contributed by atoms with E-state index in [1.54, 1.807) is 30.3 Å². The molecule has 0 unspecified atom stereocenters. The highest BCUT2D eigenvalue weighted by molar-refractivity contribution is 8.18. The highest BCUT2D eigenvalue weighted by Crippen LogP contribution is 2.32. The van der Waals surface area contributed by atoms with Gasteiger partial charge >= 0.3 is 5.97 Å². The van der Waals surface area contributed by atoms with E-state index in [1.807, 2.05) is 30.3 Å². The van der Waals surface area contributed by atoms with Crippen molar-refractivity contribution in [1.82, 2.24) is 4.90 Å². The average Bonchev–Trinajstić information content (AvgIpc) is 2.99. The number of esters is 1. The number of nitrogens with zero attached hydrogens (tertiary/aromatic N) is 1. The van der Waals surface area contributed by atoms with E-state index in [0.717, 1.165) is 22.4 Å². The van der Waals surface area contributed by atoms with E-state index >= 15 is 0 Å². The molecule has 0 atom stereocenters. The molecule has 0 bridgehead atoms. The molecule has 2 aromatic carbocycles. The maximum Gasteiger partial charge on any atom is 0.325 e. The lowest BCUT2D eigenvalue weighted by atomic mass is 10.2. The first kappa shape index (κ1) is 20.5. The van der Waals surface area contributed by atoms with E-state index in [9.17, 15) is 14.4 Å². The maximum atomic E-state index is 12.4. The molecule has 8 heteroatoms. The lowest BCUT2D eigenvalue weighted by molar-refractivity contribution is -0.143. The Kier molecular flexibility index (Phi) is 6.91. The van der Waals surface area contributed by atoms with Crippen LogP contribution in [0.25, 0.3) is 6.08 Å². The second kappa shape index (κ2) is 9.79. The number of ether oxygens (including phenoxy) is 3. The molecular weight excluding hydrogens is 394 g/mol. The quantitative estimate of drug-likeness (QED) is 0.373. The second-order valence-electron chi connectivity index (χ2n) is 5.93. The third-order valence-electron chi connectivity index (χ3n) is 3.91. The molecule has 29 heavy (non-hydrogen) atoms. The molecule has 0 aromatic heterocycles. The van der Waals surface area contributed by atoms with Gasteiger partial charge in [0.1, 0.15) is 31.3 Å². The Morgan fingerprint density at radius 1 is 1.00 bits per heavy atom. The topological polar surface area (TPSA) is 82.1 Å². The normalized spacial score (nSPS) is 14.9. The number of amides is 2. The number of methoxy groups -OCH3 is 1. The molecule has 2 aromatic rings. The summed E-state index contributed by atoms with van der Waals surface area (Å²) in [7, 11) is 1.20. The number of thioether (sulfide) groups is 1. The van der Waals surface area contributed by atoms with Crippen LogP contribution < -0.4 is 9.47 Å². The molecule has 0 radical (unpaired) electrons. The Hall–Kier alpha value is -3.26. The van der Waals surface area contributed by atoms with Gasteiger partial charge in [-0.2, -0.15) is 0 Å². The molecule has 3 rings (SSSR count). The summed E-state index contributed by atoms with van der Waals surface area (Å²) in [6.45, 7) is 0.345. The summed E-state index contributed by atoms with van der Waals surface area (Å²) in [6.07, 6.45) is 1.59. The summed E-state index contributed by atoms with van der Waals surface area (Å²) in [5.41, 5.74) is 0.704. The maximum absolute atomic E-state index is 12.4. The summed E-state index contributed by atoms with van der Waals surface area (Å²) in [6, 6.07) is 16.6. The molecule has 0 saturated carbocycles. The lowest BCUT2D eigenvalue weighted by Gasteiger charge is -2.10. The minimum Gasteiger partial charge on any atom is -0.490 e. The molecule has 0 spiro atoms. The highest BCUT2D eigenvalue weighted by atomic mass is 32.2. The minimum atomic E-state index is -0.651. The Bertz CT molecular complexity index is 928. The number of rotatable bonds is 8. The van der Waals surface area contributed by atoms with E-state index in [4.69, 9.17) is 9.47 Å². The van der Waals surface area contributed by atoms with E-state index < -0.39 is 23.7 Å². The molecule has 150 valence electrons. The van der Waals surface area contributed by atoms with Crippen LogP contribution in [0.5, 0.6) is 11.5 Å². The number of para-hydroxylation sites is 1. The molecular formula is C21H19NO6S. The van der Waals surface area contributed by atoms with Crippen molar-refractivity contribution < 1.29 is 28.6 Å². The summed E-state index contributed by atoms with van der Waals surface area (Å²) >= 11 is 0.784. The Morgan fingerprint density at radius 2 is 1.69 bits per heavy atom. The molecule has 1 fully saturated rings. The van der Waals surface area contributed by atoms with Crippen molar-refractivity contribution in [1.29, 1.82) is 0 Å². The SMILES string of the molecule is COC(=O)CN1C(=O)S/C(=C/c2cccc(OCCOc3ccccc3)c2)C1=O. The first-order valence-electron chi connectivity index (χ1n) is 8.79. The van der Waals surface area contributed by atoms with Crippen LogP contribution in [0.1, 0.15) is 5.56 Å². The monoisotopic (exact) mass is 413 g/mol. The zero-order valence-electron chi connectivity index (χ0n) is 15.7. The third-order valence-corrected chi connectivity index (χ3v) is 4.82. The molecule has 1 aliphatic heterocycles. The van der Waals surface area contributed by atoms with Gasteiger partial charge in [-0.05, 0) is 47.7 Å². The molecule has 0 aliphatic carbocycles. The average molecular weight is 413 g/mol. The zero-order valence-corrected chi connectivity index (χ0v) is 16.5. The number of hydrogen-bond donors (Lipinski definition) is 0. The summed E-state index contributed by atoms with van der Waals surface area (Å²) < 4.78 is 15.8. The largest absolute Gasteiger partial charge is 0.490 e. The van der Waals surface area contributed by atoms with Gasteiger partial charge in [0.2, 0.25) is 0 Å². The van der Waals surface area contributed by atoms with Crippen LogP contribution >= 0.6 is 11.8 Å². The number of carbonyl (C=O) groups excluding carboxylic acids is 3. The smallest absolute Gasteiger partial charge is 0.325 e. The second-order valence-corrected chi connectivity index (χ2v) is 6.92. The van der Waals surface area contributed by atoms with Crippen LogP contribution in [0, 0.1) is 0 Å². The van der Waals surface area contributed by atoms with Gasteiger partial charge in [0.25, 0.3) is 11.1 Å². The fourth-order valence-electron chi connectivity index (χ4n) is 2.51. The minimum absolute atomic E-state index is 0.239. The van der Waals surface area contributed by atoms with Gasteiger partial charge in [-0.15, -0.1) is 0 Å². The van der Waals surface area contributed by atoms with Gasteiger partial charge in [-0.1, -0.05) is 30.3 Å². The van der Waals surface area contributed by atoms with Crippen molar-refractivity contribution in [3.63, 3.8) is 0 Å². The number of carbonyl (C=O) groups is 3. The molecule has 7 nitrogen and oxygen atoms in total. The van der Waals surface area contributed by atoms with E-state index in [1.165, 1.54) is 7.11 Å². The van der Waals surface area contributed by atoms with Crippen molar-refractivity contribution in [2.45, 2.75) is 0 Å². The zero-order chi connectivity index (χ0) is 20.6. The van der Waals surface area contributed by atoms with Crippen LogP contribution in [-0.4, -0.2) is 48.9 Å². The van der Waals surface area contributed by atoms with Gasteiger partial charge < -0.3 is 14.2 Å². The summed E-state index contributed by atoms with van der Waals surface area (Å²) in [4.78, 5) is 36.8. The van der Waals surface area contributed by atoms with E-state index in [2.05, 4.69) is 4.74 Å². The fourth-order valence-corrected chi connectivity index (χ4v) is 3.35. The van der Waals surface area contributed by atoms with Crippen LogP contribution in [0.2, 0.25) is 0 Å². The van der Waals surface area contributed by atoms with Crippen molar-refractivity contribution in [3.05, 3.63) is 65.1 Å². The van der Waals surface area contributed by atoms with Crippen molar-refractivity contribution in [2.75, 3.05) is 26.9 Å². The standard InChI is InChI=1S/C21H19NO6S/c1-26-19(23)14-22-20(24)18(29-21(22)25)13-15-6-5-9-17(12-15)28-11-10-27-16-7-3-2-4-8-16/h2-9,12-13H,10-11,14H2,1H3/b18-13+. The first-order chi connectivity index (χ1) is 14.1. The number of imide groups is 1. The van der Waals surface area contributed by atoms with Crippen LogP contribution in [0.3, 0.4) is 0 Å². The number of benzene rings is 2. The van der Waals surface area contributed by atoms with Gasteiger partial charge in [0.15, 0.2) is 0 Å². The lowest BCUT2D eigenvalue weighted by Crippen LogP contribution is -2.34. The van der Waals surface area contributed by atoms with Crippen LogP contribution in [0.4, 0.5) is 4.79 Å². The van der Waals surface area contributed by atoms with Gasteiger partial charge in [0.05, 0.1) is 12.0 Å². The van der Waals surface area contributed by atoms with Gasteiger partial charge in [-0.25, -0.2) is 0 Å². The van der Waals surface area contributed by atoms with Crippen molar-refractivity contribution >= 4 is 35.0 Å². The Balaban J connectivity index is 1.58. The van der Waals surface area contributed by atoms with Crippen molar-refractivity contribution in [2.24, 2.45) is 0 Å². The third kappa shape index (κ3) is 5.61.